The van der Waals surface area contributed by atoms with E-state index < -0.39 is 6.10 Å². The largest absolute Gasteiger partial charge is 0.493 e. The van der Waals surface area contributed by atoms with Crippen LogP contribution in [0.4, 0.5) is 0 Å². The molecular formula is C15H24N2O3. The van der Waals surface area contributed by atoms with Gasteiger partial charge in [-0.05, 0) is 32.5 Å². The molecule has 5 heteroatoms. The van der Waals surface area contributed by atoms with Crippen LogP contribution in [0.1, 0.15) is 24.5 Å². The minimum Gasteiger partial charge on any atom is -0.493 e. The molecule has 1 aromatic rings. The van der Waals surface area contributed by atoms with E-state index >= 15 is 0 Å². The Hall–Kier alpha value is -1.30. The van der Waals surface area contributed by atoms with Crippen LogP contribution >= 0.6 is 0 Å². The SMILES string of the molecule is COc1cccc(C(O)CN)c1OC1CCCN(C)C1. The van der Waals surface area contributed by atoms with E-state index in [-0.39, 0.29) is 12.6 Å². The molecule has 0 aliphatic carbocycles. The van der Waals surface area contributed by atoms with Crippen LogP contribution in [0.5, 0.6) is 11.5 Å². The zero-order chi connectivity index (χ0) is 14.5. The van der Waals surface area contributed by atoms with Gasteiger partial charge in [0, 0.05) is 18.7 Å². The lowest BCUT2D eigenvalue weighted by Crippen LogP contribution is -2.38. The Kier molecular flexibility index (Phi) is 5.23. The summed E-state index contributed by atoms with van der Waals surface area (Å²) in [6.07, 6.45) is 1.52. The summed E-state index contributed by atoms with van der Waals surface area (Å²) in [5.74, 6) is 1.26. The van der Waals surface area contributed by atoms with Crippen LogP contribution < -0.4 is 15.2 Å². The molecule has 1 aromatic carbocycles. The first-order valence-corrected chi connectivity index (χ1v) is 7.06. The first-order valence-electron chi connectivity index (χ1n) is 7.06. The van der Waals surface area contributed by atoms with Gasteiger partial charge in [-0.2, -0.15) is 0 Å². The second-order valence-electron chi connectivity index (χ2n) is 5.27. The normalized spacial score (nSPS) is 21.5. The number of ether oxygens (including phenoxy) is 2. The van der Waals surface area contributed by atoms with E-state index in [4.69, 9.17) is 15.2 Å². The van der Waals surface area contributed by atoms with Crippen molar-refractivity contribution in [3.8, 4) is 11.5 Å². The van der Waals surface area contributed by atoms with Gasteiger partial charge in [-0.3, -0.25) is 0 Å². The zero-order valence-electron chi connectivity index (χ0n) is 12.2. The number of aliphatic hydroxyl groups excluding tert-OH is 1. The minimum atomic E-state index is -0.735. The molecule has 0 amide bonds. The number of methoxy groups -OCH3 is 1. The summed E-state index contributed by atoms with van der Waals surface area (Å²) >= 11 is 0. The molecule has 0 radical (unpaired) electrons. The lowest BCUT2D eigenvalue weighted by atomic mass is 10.1. The first kappa shape index (κ1) is 15.1. The van der Waals surface area contributed by atoms with Crippen molar-refractivity contribution in [3.63, 3.8) is 0 Å². The van der Waals surface area contributed by atoms with E-state index in [1.807, 2.05) is 18.2 Å². The van der Waals surface area contributed by atoms with Crippen LogP contribution in [0.25, 0.3) is 0 Å². The summed E-state index contributed by atoms with van der Waals surface area (Å²) in [4.78, 5) is 2.25. The lowest BCUT2D eigenvalue weighted by molar-refractivity contribution is 0.0954. The number of benzene rings is 1. The molecule has 0 spiro atoms. The fraction of sp³-hybridized carbons (Fsp3) is 0.600. The van der Waals surface area contributed by atoms with Gasteiger partial charge < -0.3 is 25.2 Å². The lowest BCUT2D eigenvalue weighted by Gasteiger charge is -2.31. The number of nitrogens with zero attached hydrogens (tertiary/aromatic N) is 1. The monoisotopic (exact) mass is 280 g/mol. The standard InChI is InChI=1S/C15H24N2O3/c1-17-8-4-5-11(10-17)20-15-12(13(18)9-16)6-3-7-14(15)19-2/h3,6-7,11,13,18H,4-5,8-10,16H2,1-2H3. The second-order valence-corrected chi connectivity index (χ2v) is 5.27. The van der Waals surface area contributed by atoms with Crippen molar-refractivity contribution >= 4 is 0 Å². The number of hydrogen-bond acceptors (Lipinski definition) is 5. The number of nitrogens with two attached hydrogens (primary N) is 1. The van der Waals surface area contributed by atoms with Gasteiger partial charge >= 0.3 is 0 Å². The van der Waals surface area contributed by atoms with E-state index in [0.717, 1.165) is 25.9 Å². The van der Waals surface area contributed by atoms with Crippen LogP contribution in [-0.4, -0.2) is 49.9 Å². The Morgan fingerprint density at radius 3 is 2.95 bits per heavy atom. The molecule has 112 valence electrons. The number of rotatable bonds is 5. The maximum atomic E-state index is 10.0. The first-order chi connectivity index (χ1) is 9.65. The molecule has 2 unspecified atom stereocenters. The third-order valence-electron chi connectivity index (χ3n) is 3.68. The molecule has 2 rings (SSSR count). The fourth-order valence-electron chi connectivity index (χ4n) is 2.59. The molecular weight excluding hydrogens is 256 g/mol. The zero-order valence-corrected chi connectivity index (χ0v) is 12.2. The molecule has 1 aliphatic heterocycles. The quantitative estimate of drug-likeness (QED) is 0.847. The van der Waals surface area contributed by atoms with Crippen LogP contribution in [0.15, 0.2) is 18.2 Å². The Morgan fingerprint density at radius 1 is 1.50 bits per heavy atom. The minimum absolute atomic E-state index is 0.119. The Bertz CT molecular complexity index is 439. The topological polar surface area (TPSA) is 68.0 Å². The van der Waals surface area contributed by atoms with Crippen molar-refractivity contribution in [2.45, 2.75) is 25.0 Å². The van der Waals surface area contributed by atoms with Crippen molar-refractivity contribution in [2.75, 3.05) is 33.8 Å². The van der Waals surface area contributed by atoms with Gasteiger partial charge in [0.15, 0.2) is 11.5 Å². The highest BCUT2D eigenvalue weighted by Crippen LogP contribution is 2.36. The van der Waals surface area contributed by atoms with Crippen molar-refractivity contribution in [1.29, 1.82) is 0 Å². The Balaban J connectivity index is 2.23. The predicted molar refractivity (Wildman–Crippen MR) is 78.2 cm³/mol. The van der Waals surface area contributed by atoms with Gasteiger partial charge in [-0.1, -0.05) is 12.1 Å². The molecule has 20 heavy (non-hydrogen) atoms. The highest BCUT2D eigenvalue weighted by atomic mass is 16.5. The fourth-order valence-corrected chi connectivity index (χ4v) is 2.59. The average molecular weight is 280 g/mol. The second kappa shape index (κ2) is 6.92. The van der Waals surface area contributed by atoms with Crippen molar-refractivity contribution in [3.05, 3.63) is 23.8 Å². The Morgan fingerprint density at radius 2 is 2.30 bits per heavy atom. The summed E-state index contributed by atoms with van der Waals surface area (Å²) in [7, 11) is 3.70. The summed E-state index contributed by atoms with van der Waals surface area (Å²) < 4.78 is 11.5. The van der Waals surface area contributed by atoms with Gasteiger partial charge in [0.2, 0.25) is 0 Å². The highest BCUT2D eigenvalue weighted by Gasteiger charge is 2.23. The maximum absolute atomic E-state index is 10.0. The predicted octanol–water partition coefficient (Wildman–Crippen LogP) is 1.16. The van der Waals surface area contributed by atoms with Crippen molar-refractivity contribution in [2.24, 2.45) is 5.73 Å². The maximum Gasteiger partial charge on any atom is 0.167 e. The molecule has 1 aliphatic rings. The third kappa shape index (κ3) is 3.42. The van der Waals surface area contributed by atoms with Gasteiger partial charge in [0.05, 0.1) is 13.2 Å². The number of aliphatic hydroxyl groups is 1. The number of likely N-dealkylation sites (N-methyl/N-ethyl adjacent to an activating group) is 1. The third-order valence-corrected chi connectivity index (χ3v) is 3.68. The Labute approximate surface area is 120 Å². The van der Waals surface area contributed by atoms with Crippen molar-refractivity contribution in [1.82, 2.24) is 4.90 Å². The summed E-state index contributed by atoms with van der Waals surface area (Å²) in [5, 5.41) is 10.0. The van der Waals surface area contributed by atoms with Crippen LogP contribution in [0.2, 0.25) is 0 Å². The summed E-state index contributed by atoms with van der Waals surface area (Å²) in [5.41, 5.74) is 6.26. The molecule has 3 N–H and O–H groups in total. The van der Waals surface area contributed by atoms with Crippen LogP contribution in [0, 0.1) is 0 Å². The van der Waals surface area contributed by atoms with Gasteiger partial charge in [-0.15, -0.1) is 0 Å². The van der Waals surface area contributed by atoms with E-state index in [0.29, 0.717) is 17.1 Å². The van der Waals surface area contributed by atoms with Crippen LogP contribution in [-0.2, 0) is 0 Å². The van der Waals surface area contributed by atoms with Gasteiger partial charge in [-0.25, -0.2) is 0 Å². The molecule has 0 aromatic heterocycles. The molecule has 5 nitrogen and oxygen atoms in total. The van der Waals surface area contributed by atoms with Crippen LogP contribution in [0.3, 0.4) is 0 Å². The molecule has 1 saturated heterocycles. The average Bonchev–Trinajstić information content (AvgIpc) is 2.46. The molecule has 0 saturated carbocycles. The molecule has 1 heterocycles. The number of para-hydroxylation sites is 1. The molecule has 1 fully saturated rings. The van der Waals surface area contributed by atoms with Gasteiger partial charge in [0.1, 0.15) is 6.10 Å². The van der Waals surface area contributed by atoms with E-state index in [9.17, 15) is 5.11 Å². The number of hydrogen-bond donors (Lipinski definition) is 2. The van der Waals surface area contributed by atoms with E-state index in [1.54, 1.807) is 7.11 Å². The molecule has 2 atom stereocenters. The summed E-state index contributed by atoms with van der Waals surface area (Å²) in [6.45, 7) is 2.15. The van der Waals surface area contributed by atoms with E-state index in [1.165, 1.54) is 0 Å². The highest BCUT2D eigenvalue weighted by molar-refractivity contribution is 5.48. The van der Waals surface area contributed by atoms with Crippen molar-refractivity contribution < 1.29 is 14.6 Å². The number of likely N-dealkylation sites (tertiary alicyclic amines) is 1. The van der Waals surface area contributed by atoms with Gasteiger partial charge in [0.25, 0.3) is 0 Å². The summed E-state index contributed by atoms with van der Waals surface area (Å²) in [6, 6.07) is 5.52. The number of piperidine rings is 1. The molecule has 0 bridgehead atoms. The smallest absolute Gasteiger partial charge is 0.167 e. The van der Waals surface area contributed by atoms with E-state index in [2.05, 4.69) is 11.9 Å².